The molecule has 0 saturated carbocycles. The van der Waals surface area contributed by atoms with Crippen LogP contribution in [0.1, 0.15) is 6.42 Å². The highest BCUT2D eigenvalue weighted by atomic mass is 31.2. The Morgan fingerprint density at radius 2 is 2.00 bits per heavy atom. The van der Waals surface area contributed by atoms with Crippen LogP contribution in [0.3, 0.4) is 0 Å². The molecule has 5 heteroatoms. The summed E-state index contributed by atoms with van der Waals surface area (Å²) in [5, 5.41) is 9.11. The van der Waals surface area contributed by atoms with Crippen LogP contribution in [0.25, 0.3) is 0 Å². The number of aliphatic carboxylic acids is 1. The van der Waals surface area contributed by atoms with E-state index in [9.17, 15) is 9.36 Å². The van der Waals surface area contributed by atoms with E-state index >= 15 is 0 Å². The van der Waals surface area contributed by atoms with Gasteiger partial charge in [-0.3, -0.25) is 9.36 Å². The Bertz CT molecular complexity index is 374. The number of rotatable bonds is 5. The van der Waals surface area contributed by atoms with Gasteiger partial charge in [0.2, 0.25) is 7.37 Å². The van der Waals surface area contributed by atoms with Crippen molar-refractivity contribution in [3.8, 4) is 0 Å². The molecular formula is C10H13O4P. The van der Waals surface area contributed by atoms with Crippen LogP contribution in [0.15, 0.2) is 30.3 Å². The number of hydrogen-bond donors (Lipinski definition) is 1. The summed E-state index contributed by atoms with van der Waals surface area (Å²) in [5.41, 5.74) is 0. The molecule has 0 heterocycles. The van der Waals surface area contributed by atoms with Crippen molar-refractivity contribution < 1.29 is 19.0 Å². The number of benzene rings is 1. The van der Waals surface area contributed by atoms with E-state index in [2.05, 4.69) is 0 Å². The van der Waals surface area contributed by atoms with Gasteiger partial charge in [-0.15, -0.1) is 0 Å². The molecule has 4 nitrogen and oxygen atoms in total. The Kier molecular flexibility index (Phi) is 4.06. The second-order valence-electron chi connectivity index (χ2n) is 3.06. The number of hydrogen-bond acceptors (Lipinski definition) is 3. The molecule has 0 fully saturated rings. The predicted molar refractivity (Wildman–Crippen MR) is 57.8 cm³/mol. The second kappa shape index (κ2) is 5.10. The maximum atomic E-state index is 12.2. The lowest BCUT2D eigenvalue weighted by Gasteiger charge is -2.15. The summed E-state index contributed by atoms with van der Waals surface area (Å²) in [6.45, 7) is 0. The molecule has 0 bridgehead atoms. The zero-order valence-electron chi connectivity index (χ0n) is 8.42. The fraction of sp³-hybridized carbons (Fsp3) is 0.300. The van der Waals surface area contributed by atoms with Crippen LogP contribution in [0.4, 0.5) is 0 Å². The van der Waals surface area contributed by atoms with Gasteiger partial charge in [0, 0.05) is 18.6 Å². The van der Waals surface area contributed by atoms with Crippen LogP contribution in [0.5, 0.6) is 0 Å². The quantitative estimate of drug-likeness (QED) is 0.779. The lowest BCUT2D eigenvalue weighted by molar-refractivity contribution is -0.136. The van der Waals surface area contributed by atoms with Crippen molar-refractivity contribution in [3.63, 3.8) is 0 Å². The third-order valence-corrected chi connectivity index (χ3v) is 4.55. The zero-order valence-corrected chi connectivity index (χ0v) is 9.31. The van der Waals surface area contributed by atoms with Crippen molar-refractivity contribution in [2.45, 2.75) is 6.42 Å². The molecule has 1 atom stereocenters. The third-order valence-electron chi connectivity index (χ3n) is 2.06. The van der Waals surface area contributed by atoms with Crippen molar-refractivity contribution in [2.75, 3.05) is 13.3 Å². The molecule has 1 N–H and O–H groups in total. The second-order valence-corrected chi connectivity index (χ2v) is 5.73. The maximum absolute atomic E-state index is 12.2. The van der Waals surface area contributed by atoms with Crippen molar-refractivity contribution in [2.24, 2.45) is 0 Å². The van der Waals surface area contributed by atoms with Gasteiger partial charge in [-0.05, 0) is 12.1 Å². The lowest BCUT2D eigenvalue weighted by Crippen LogP contribution is -2.11. The molecule has 1 aromatic rings. The topological polar surface area (TPSA) is 63.6 Å². The monoisotopic (exact) mass is 228 g/mol. The van der Waals surface area contributed by atoms with Crippen molar-refractivity contribution in [3.05, 3.63) is 30.3 Å². The van der Waals surface area contributed by atoms with Gasteiger partial charge in [0.25, 0.3) is 0 Å². The van der Waals surface area contributed by atoms with E-state index in [1.54, 1.807) is 30.3 Å². The zero-order chi connectivity index (χ0) is 11.3. The summed E-state index contributed by atoms with van der Waals surface area (Å²) in [4.78, 5) is 10.4. The molecule has 0 saturated heterocycles. The summed E-state index contributed by atoms with van der Waals surface area (Å²) in [6.07, 6.45) is -0.122. The summed E-state index contributed by atoms with van der Waals surface area (Å²) < 4.78 is 17.2. The fourth-order valence-corrected chi connectivity index (χ4v) is 2.99. The van der Waals surface area contributed by atoms with E-state index in [1.807, 2.05) is 0 Å². The molecule has 0 aliphatic heterocycles. The minimum Gasteiger partial charge on any atom is -0.481 e. The molecule has 1 unspecified atom stereocenters. The Hall–Kier alpha value is -1.12. The fourth-order valence-electron chi connectivity index (χ4n) is 1.22. The minimum absolute atomic E-state index is 0.0306. The molecule has 15 heavy (non-hydrogen) atoms. The molecule has 0 aromatic heterocycles. The molecule has 0 radical (unpaired) electrons. The third kappa shape index (κ3) is 3.18. The van der Waals surface area contributed by atoms with Gasteiger partial charge in [-0.1, -0.05) is 18.2 Å². The minimum atomic E-state index is -2.99. The molecule has 1 rings (SSSR count). The van der Waals surface area contributed by atoms with Crippen molar-refractivity contribution in [1.82, 2.24) is 0 Å². The molecular weight excluding hydrogens is 215 g/mol. The highest BCUT2D eigenvalue weighted by Crippen LogP contribution is 2.45. The number of carboxylic acids is 1. The van der Waals surface area contributed by atoms with Gasteiger partial charge in [0.15, 0.2) is 0 Å². The average molecular weight is 228 g/mol. The highest BCUT2D eigenvalue weighted by Gasteiger charge is 2.24. The molecule has 0 spiro atoms. The Morgan fingerprint density at radius 3 is 2.47 bits per heavy atom. The van der Waals surface area contributed by atoms with Gasteiger partial charge in [0.1, 0.15) is 0 Å². The van der Waals surface area contributed by atoms with E-state index in [-0.39, 0.29) is 12.6 Å². The van der Waals surface area contributed by atoms with Crippen LogP contribution >= 0.6 is 7.37 Å². The van der Waals surface area contributed by atoms with Crippen molar-refractivity contribution in [1.29, 1.82) is 0 Å². The first-order chi connectivity index (χ1) is 7.08. The van der Waals surface area contributed by atoms with Crippen LogP contribution in [0.2, 0.25) is 0 Å². The smallest absolute Gasteiger partial charge is 0.303 e. The Balaban J connectivity index is 2.86. The van der Waals surface area contributed by atoms with Gasteiger partial charge >= 0.3 is 5.97 Å². The van der Waals surface area contributed by atoms with Gasteiger partial charge in [0.05, 0.1) is 6.42 Å². The van der Waals surface area contributed by atoms with Crippen LogP contribution < -0.4 is 5.30 Å². The first kappa shape index (κ1) is 12.0. The molecule has 82 valence electrons. The Labute approximate surface area is 88.3 Å². The largest absolute Gasteiger partial charge is 0.481 e. The van der Waals surface area contributed by atoms with E-state index in [0.717, 1.165) is 0 Å². The first-order valence-electron chi connectivity index (χ1n) is 4.51. The predicted octanol–water partition coefficient (Wildman–Crippen LogP) is 1.71. The van der Waals surface area contributed by atoms with Gasteiger partial charge in [-0.2, -0.15) is 0 Å². The SMILES string of the molecule is COP(=O)(CCC(=O)O)c1ccccc1. The van der Waals surface area contributed by atoms with Gasteiger partial charge in [-0.25, -0.2) is 0 Å². The van der Waals surface area contributed by atoms with E-state index < -0.39 is 13.3 Å². The normalized spacial score (nSPS) is 14.5. The standard InChI is InChI=1S/C10H13O4P/c1-14-15(13,8-7-10(11)12)9-5-3-2-4-6-9/h2-6H,7-8H2,1H3,(H,11,12). The summed E-state index contributed by atoms with van der Waals surface area (Å²) >= 11 is 0. The van der Waals surface area contributed by atoms with E-state index in [1.165, 1.54) is 7.11 Å². The summed E-state index contributed by atoms with van der Waals surface area (Å²) in [6, 6.07) is 8.68. The highest BCUT2D eigenvalue weighted by molar-refractivity contribution is 7.67. The summed E-state index contributed by atoms with van der Waals surface area (Å²) in [7, 11) is -1.64. The van der Waals surface area contributed by atoms with Crippen LogP contribution in [-0.2, 0) is 13.9 Å². The maximum Gasteiger partial charge on any atom is 0.303 e. The number of carboxylic acid groups (broad SMARTS) is 1. The van der Waals surface area contributed by atoms with E-state index in [4.69, 9.17) is 9.63 Å². The first-order valence-corrected chi connectivity index (χ1v) is 6.32. The van der Waals surface area contributed by atoms with Crippen LogP contribution in [0, 0.1) is 0 Å². The van der Waals surface area contributed by atoms with Crippen LogP contribution in [-0.4, -0.2) is 24.3 Å². The van der Waals surface area contributed by atoms with Gasteiger partial charge < -0.3 is 9.63 Å². The average Bonchev–Trinajstić information content (AvgIpc) is 2.27. The number of carbonyl (C=O) groups is 1. The summed E-state index contributed by atoms with van der Waals surface area (Å²) in [5.74, 6) is -0.969. The molecule has 0 aliphatic carbocycles. The lowest BCUT2D eigenvalue weighted by atomic mass is 10.4. The van der Waals surface area contributed by atoms with Crippen molar-refractivity contribution >= 4 is 18.6 Å². The molecule has 0 aliphatic rings. The van der Waals surface area contributed by atoms with E-state index in [0.29, 0.717) is 5.30 Å². The molecule has 0 amide bonds. The Morgan fingerprint density at radius 1 is 1.40 bits per heavy atom. The molecule has 1 aromatic carbocycles.